The highest BCUT2D eigenvalue weighted by atomic mass is 35.5. The van der Waals surface area contributed by atoms with Crippen molar-refractivity contribution in [2.24, 2.45) is 0 Å². The lowest BCUT2D eigenvalue weighted by atomic mass is 10.3. The highest BCUT2D eigenvalue weighted by Gasteiger charge is 2.11. The summed E-state index contributed by atoms with van der Waals surface area (Å²) in [6, 6.07) is 9.86. The van der Waals surface area contributed by atoms with Gasteiger partial charge in [-0.25, -0.2) is 9.48 Å². The molecule has 3 rings (SSSR count). The predicted octanol–water partition coefficient (Wildman–Crippen LogP) is 2.44. The van der Waals surface area contributed by atoms with Crippen molar-refractivity contribution in [1.82, 2.24) is 14.2 Å². The minimum Gasteiger partial charge on any atom is -0.324 e. The summed E-state index contributed by atoms with van der Waals surface area (Å²) in [6.07, 6.45) is 1.59. The van der Waals surface area contributed by atoms with E-state index in [0.717, 1.165) is 4.68 Å². The fourth-order valence-corrected chi connectivity index (χ4v) is 2.56. The molecular formula is C14H10Cl2N4O2. The molecule has 3 aromatic rings. The number of pyridine rings is 1. The highest BCUT2D eigenvalue weighted by molar-refractivity contribution is 6.35. The van der Waals surface area contributed by atoms with Crippen LogP contribution in [-0.2, 0) is 11.3 Å². The van der Waals surface area contributed by atoms with Crippen molar-refractivity contribution in [3.05, 3.63) is 63.1 Å². The smallest absolute Gasteiger partial charge is 0.324 e. The summed E-state index contributed by atoms with van der Waals surface area (Å²) in [6.45, 7) is -0.204. The molecular weight excluding hydrogens is 327 g/mol. The van der Waals surface area contributed by atoms with Gasteiger partial charge in [0.15, 0.2) is 5.65 Å². The van der Waals surface area contributed by atoms with E-state index in [1.807, 2.05) is 0 Å². The number of hydrogen-bond donors (Lipinski definition) is 1. The molecule has 22 heavy (non-hydrogen) atoms. The monoisotopic (exact) mass is 336 g/mol. The Bertz CT molecular complexity index is 896. The summed E-state index contributed by atoms with van der Waals surface area (Å²) in [7, 11) is 0. The first-order valence-electron chi connectivity index (χ1n) is 6.33. The molecule has 1 aromatic carbocycles. The number of amides is 1. The standard InChI is InChI=1S/C14H10Cl2N4O2/c15-9-5-10(16)7-11(6-9)17-13(21)8-20-14(22)19-4-2-1-3-12(19)18-20/h1-7H,8H2,(H,17,21). The number of rotatable bonds is 3. The van der Waals surface area contributed by atoms with E-state index >= 15 is 0 Å². The number of fused-ring (bicyclic) bond motifs is 1. The number of aromatic nitrogens is 3. The molecule has 0 atom stereocenters. The lowest BCUT2D eigenvalue weighted by Crippen LogP contribution is -2.28. The molecule has 0 saturated heterocycles. The van der Waals surface area contributed by atoms with E-state index < -0.39 is 5.91 Å². The summed E-state index contributed by atoms with van der Waals surface area (Å²) in [5, 5.41) is 7.53. The average molecular weight is 337 g/mol. The van der Waals surface area contributed by atoms with Crippen LogP contribution >= 0.6 is 23.2 Å². The van der Waals surface area contributed by atoms with Crippen molar-refractivity contribution < 1.29 is 4.79 Å². The van der Waals surface area contributed by atoms with E-state index in [4.69, 9.17) is 23.2 Å². The molecule has 1 N–H and O–H groups in total. The van der Waals surface area contributed by atoms with E-state index in [1.165, 1.54) is 4.40 Å². The van der Waals surface area contributed by atoms with E-state index in [9.17, 15) is 9.59 Å². The molecule has 2 aromatic heterocycles. The van der Waals surface area contributed by atoms with Crippen LogP contribution in [0.25, 0.3) is 5.65 Å². The third-order valence-corrected chi connectivity index (χ3v) is 3.36. The molecule has 0 radical (unpaired) electrons. The molecule has 0 fully saturated rings. The quantitative estimate of drug-likeness (QED) is 0.798. The van der Waals surface area contributed by atoms with Crippen LogP contribution in [0.5, 0.6) is 0 Å². The Kier molecular flexibility index (Phi) is 3.87. The fourth-order valence-electron chi connectivity index (χ4n) is 2.03. The Balaban J connectivity index is 1.81. The maximum absolute atomic E-state index is 12.1. The Labute approximate surface area is 134 Å². The first kappa shape index (κ1) is 14.6. The van der Waals surface area contributed by atoms with Gasteiger partial charge in [0.2, 0.25) is 5.91 Å². The second-order valence-electron chi connectivity index (χ2n) is 4.58. The van der Waals surface area contributed by atoms with Gasteiger partial charge in [-0.15, -0.1) is 5.10 Å². The van der Waals surface area contributed by atoms with Crippen molar-refractivity contribution in [2.75, 3.05) is 5.32 Å². The number of hydrogen-bond acceptors (Lipinski definition) is 3. The van der Waals surface area contributed by atoms with E-state index in [2.05, 4.69) is 10.4 Å². The Morgan fingerprint density at radius 3 is 2.59 bits per heavy atom. The lowest BCUT2D eigenvalue weighted by molar-refractivity contribution is -0.117. The van der Waals surface area contributed by atoms with Crippen LogP contribution in [0.3, 0.4) is 0 Å². The molecule has 0 bridgehead atoms. The van der Waals surface area contributed by atoms with Gasteiger partial charge in [0, 0.05) is 21.9 Å². The summed E-state index contributed by atoms with van der Waals surface area (Å²) < 4.78 is 2.46. The first-order chi connectivity index (χ1) is 10.5. The molecule has 0 unspecified atom stereocenters. The van der Waals surface area contributed by atoms with E-state index in [0.29, 0.717) is 21.4 Å². The Hall–Kier alpha value is -2.31. The molecule has 0 aliphatic heterocycles. The normalized spacial score (nSPS) is 10.8. The number of nitrogens with zero attached hydrogens (tertiary/aromatic N) is 3. The summed E-state index contributed by atoms with van der Waals surface area (Å²) >= 11 is 11.7. The largest absolute Gasteiger partial charge is 0.350 e. The highest BCUT2D eigenvalue weighted by Crippen LogP contribution is 2.22. The van der Waals surface area contributed by atoms with Crippen LogP contribution in [0.15, 0.2) is 47.4 Å². The van der Waals surface area contributed by atoms with Crippen molar-refractivity contribution >= 4 is 40.4 Å². The van der Waals surface area contributed by atoms with Crippen molar-refractivity contribution in [3.63, 3.8) is 0 Å². The van der Waals surface area contributed by atoms with Gasteiger partial charge in [-0.05, 0) is 30.3 Å². The van der Waals surface area contributed by atoms with Gasteiger partial charge < -0.3 is 5.32 Å². The van der Waals surface area contributed by atoms with Gasteiger partial charge in [0.05, 0.1) is 0 Å². The van der Waals surface area contributed by atoms with Gasteiger partial charge in [0.25, 0.3) is 0 Å². The maximum Gasteiger partial charge on any atom is 0.350 e. The molecule has 0 saturated carbocycles. The summed E-state index contributed by atoms with van der Waals surface area (Å²) in [5.41, 5.74) is 0.556. The molecule has 0 aliphatic rings. The summed E-state index contributed by atoms with van der Waals surface area (Å²) in [5.74, 6) is -0.399. The first-order valence-corrected chi connectivity index (χ1v) is 7.09. The zero-order valence-corrected chi connectivity index (χ0v) is 12.7. The van der Waals surface area contributed by atoms with Gasteiger partial charge >= 0.3 is 5.69 Å². The number of carbonyl (C=O) groups is 1. The molecule has 2 heterocycles. The van der Waals surface area contributed by atoms with Crippen molar-refractivity contribution in [3.8, 4) is 0 Å². The number of anilines is 1. The van der Waals surface area contributed by atoms with Crippen LogP contribution in [0, 0.1) is 0 Å². The molecule has 8 heteroatoms. The van der Waals surface area contributed by atoms with Gasteiger partial charge in [-0.2, -0.15) is 0 Å². The zero-order chi connectivity index (χ0) is 15.7. The van der Waals surface area contributed by atoms with Gasteiger partial charge in [0.1, 0.15) is 6.54 Å². The minimum absolute atomic E-state index is 0.204. The van der Waals surface area contributed by atoms with Crippen LogP contribution in [0.1, 0.15) is 0 Å². The average Bonchev–Trinajstić information content (AvgIpc) is 2.74. The third kappa shape index (κ3) is 2.98. The van der Waals surface area contributed by atoms with E-state index in [1.54, 1.807) is 42.6 Å². The zero-order valence-electron chi connectivity index (χ0n) is 11.2. The van der Waals surface area contributed by atoms with Crippen LogP contribution in [-0.4, -0.2) is 20.1 Å². The topological polar surface area (TPSA) is 68.4 Å². The second-order valence-corrected chi connectivity index (χ2v) is 5.45. The minimum atomic E-state index is -0.399. The van der Waals surface area contributed by atoms with Gasteiger partial charge in [-0.3, -0.25) is 9.20 Å². The number of halogens is 2. The molecule has 0 spiro atoms. The molecule has 112 valence electrons. The predicted molar refractivity (Wildman–Crippen MR) is 84.5 cm³/mol. The lowest BCUT2D eigenvalue weighted by Gasteiger charge is -2.05. The van der Waals surface area contributed by atoms with Crippen LogP contribution in [0.2, 0.25) is 10.0 Å². The number of nitrogens with one attached hydrogen (secondary N) is 1. The molecule has 6 nitrogen and oxygen atoms in total. The fraction of sp³-hybridized carbons (Fsp3) is 0.0714. The number of carbonyl (C=O) groups excluding carboxylic acids is 1. The van der Waals surface area contributed by atoms with Crippen molar-refractivity contribution in [1.29, 1.82) is 0 Å². The van der Waals surface area contributed by atoms with Crippen molar-refractivity contribution in [2.45, 2.75) is 6.54 Å². The SMILES string of the molecule is O=C(Cn1nc2ccccn2c1=O)Nc1cc(Cl)cc(Cl)c1. The van der Waals surface area contributed by atoms with Crippen LogP contribution in [0.4, 0.5) is 5.69 Å². The van der Waals surface area contributed by atoms with Crippen LogP contribution < -0.4 is 11.0 Å². The second kappa shape index (κ2) is 5.82. The third-order valence-electron chi connectivity index (χ3n) is 2.93. The molecule has 1 amide bonds. The van der Waals surface area contributed by atoms with Gasteiger partial charge in [-0.1, -0.05) is 29.3 Å². The molecule has 0 aliphatic carbocycles. The Morgan fingerprint density at radius 2 is 1.91 bits per heavy atom. The Morgan fingerprint density at radius 1 is 1.18 bits per heavy atom. The number of benzene rings is 1. The summed E-state index contributed by atoms with van der Waals surface area (Å²) in [4.78, 5) is 24.1. The maximum atomic E-state index is 12.1. The van der Waals surface area contributed by atoms with E-state index in [-0.39, 0.29) is 12.2 Å².